The maximum Gasteiger partial charge on any atom is 0.173 e. The Labute approximate surface area is 160 Å². The SMILES string of the molecule is OCc1cn2cc(-c3ncc4cc(N5CCNCC5)ccc4n3)cc(F)c2n1. The van der Waals surface area contributed by atoms with Gasteiger partial charge in [0.05, 0.1) is 17.8 Å². The van der Waals surface area contributed by atoms with Gasteiger partial charge in [0.25, 0.3) is 0 Å². The summed E-state index contributed by atoms with van der Waals surface area (Å²) in [6.07, 6.45) is 5.10. The summed E-state index contributed by atoms with van der Waals surface area (Å²) in [6.45, 7) is 3.68. The highest BCUT2D eigenvalue weighted by atomic mass is 19.1. The van der Waals surface area contributed by atoms with Crippen molar-refractivity contribution in [3.05, 3.63) is 54.4 Å². The molecule has 1 aliphatic heterocycles. The summed E-state index contributed by atoms with van der Waals surface area (Å²) in [4.78, 5) is 15.5. The van der Waals surface area contributed by atoms with E-state index in [1.165, 1.54) is 6.07 Å². The Hall–Kier alpha value is -3.10. The highest BCUT2D eigenvalue weighted by Gasteiger charge is 2.13. The zero-order valence-corrected chi connectivity index (χ0v) is 15.1. The van der Waals surface area contributed by atoms with Gasteiger partial charge >= 0.3 is 0 Å². The van der Waals surface area contributed by atoms with Gasteiger partial charge in [0.15, 0.2) is 17.3 Å². The Morgan fingerprint density at radius 3 is 2.79 bits per heavy atom. The fourth-order valence-corrected chi connectivity index (χ4v) is 3.59. The van der Waals surface area contributed by atoms with E-state index in [2.05, 4.69) is 37.3 Å². The van der Waals surface area contributed by atoms with Crippen LogP contribution in [0, 0.1) is 5.82 Å². The molecule has 5 rings (SSSR count). The van der Waals surface area contributed by atoms with Crippen LogP contribution in [0.4, 0.5) is 10.1 Å². The van der Waals surface area contributed by atoms with Crippen LogP contribution in [0.3, 0.4) is 0 Å². The number of hydrogen-bond acceptors (Lipinski definition) is 6. The van der Waals surface area contributed by atoms with E-state index in [4.69, 9.17) is 0 Å². The smallest absolute Gasteiger partial charge is 0.173 e. The van der Waals surface area contributed by atoms with E-state index in [0.717, 1.165) is 42.8 Å². The van der Waals surface area contributed by atoms with Crippen molar-refractivity contribution in [3.8, 4) is 11.4 Å². The molecule has 4 aromatic rings. The number of halogens is 1. The summed E-state index contributed by atoms with van der Waals surface area (Å²) in [5.74, 6) is -0.0302. The van der Waals surface area contributed by atoms with Gasteiger partial charge in [0.2, 0.25) is 0 Å². The molecule has 4 heterocycles. The molecule has 0 amide bonds. The number of piperazine rings is 1. The fourth-order valence-electron chi connectivity index (χ4n) is 3.59. The van der Waals surface area contributed by atoms with E-state index in [9.17, 15) is 9.50 Å². The lowest BCUT2D eigenvalue weighted by molar-refractivity contribution is 0.277. The lowest BCUT2D eigenvalue weighted by Crippen LogP contribution is -2.43. The Balaban J connectivity index is 1.53. The summed E-state index contributed by atoms with van der Waals surface area (Å²) in [7, 11) is 0. The number of aromatic nitrogens is 4. The number of rotatable bonds is 3. The first-order chi connectivity index (χ1) is 13.7. The van der Waals surface area contributed by atoms with E-state index in [1.807, 2.05) is 6.07 Å². The Morgan fingerprint density at radius 1 is 1.11 bits per heavy atom. The van der Waals surface area contributed by atoms with Crippen molar-refractivity contribution in [1.29, 1.82) is 0 Å². The number of hydrogen-bond donors (Lipinski definition) is 2. The molecule has 28 heavy (non-hydrogen) atoms. The quantitative estimate of drug-likeness (QED) is 0.568. The van der Waals surface area contributed by atoms with Gasteiger partial charge in [0, 0.05) is 61.4 Å². The van der Waals surface area contributed by atoms with E-state index >= 15 is 0 Å². The Kier molecular flexibility index (Phi) is 4.14. The van der Waals surface area contributed by atoms with Crippen molar-refractivity contribution in [1.82, 2.24) is 24.7 Å². The molecule has 0 bridgehead atoms. The number of imidazole rings is 1. The van der Waals surface area contributed by atoms with Crippen LogP contribution >= 0.6 is 0 Å². The van der Waals surface area contributed by atoms with Crippen molar-refractivity contribution in [2.75, 3.05) is 31.1 Å². The van der Waals surface area contributed by atoms with E-state index < -0.39 is 5.82 Å². The molecule has 1 saturated heterocycles. The van der Waals surface area contributed by atoms with Crippen molar-refractivity contribution >= 4 is 22.2 Å². The number of aliphatic hydroxyl groups is 1. The maximum atomic E-state index is 14.4. The van der Waals surface area contributed by atoms with Crippen molar-refractivity contribution in [2.24, 2.45) is 0 Å². The third kappa shape index (κ3) is 2.96. The van der Waals surface area contributed by atoms with Crippen molar-refractivity contribution in [2.45, 2.75) is 6.61 Å². The second-order valence-corrected chi connectivity index (χ2v) is 6.87. The van der Waals surface area contributed by atoms with E-state index in [-0.39, 0.29) is 12.3 Å². The first-order valence-electron chi connectivity index (χ1n) is 9.22. The zero-order valence-electron chi connectivity index (χ0n) is 15.1. The number of aliphatic hydroxyl groups excluding tert-OH is 1. The minimum absolute atomic E-state index is 0.175. The van der Waals surface area contributed by atoms with Gasteiger partial charge in [-0.25, -0.2) is 19.3 Å². The van der Waals surface area contributed by atoms with Gasteiger partial charge in [-0.2, -0.15) is 0 Å². The largest absolute Gasteiger partial charge is 0.390 e. The standard InChI is InChI=1S/C20H19FN6O/c21-17-8-14(10-27-11-15(12-28)24-20(17)27)19-23-9-13-7-16(1-2-18(13)25-19)26-5-3-22-4-6-26/h1-2,7-11,22,28H,3-6,12H2. The molecule has 0 aliphatic carbocycles. The van der Waals surface area contributed by atoms with Gasteiger partial charge in [-0.05, 0) is 24.3 Å². The molecule has 1 aromatic carbocycles. The van der Waals surface area contributed by atoms with Crippen molar-refractivity contribution in [3.63, 3.8) is 0 Å². The molecule has 1 aliphatic rings. The van der Waals surface area contributed by atoms with Gasteiger partial charge in [-0.15, -0.1) is 0 Å². The maximum absolute atomic E-state index is 14.4. The predicted octanol–water partition coefficient (Wildman–Crippen LogP) is 1.99. The van der Waals surface area contributed by atoms with Gasteiger partial charge < -0.3 is 19.7 Å². The molecule has 0 spiro atoms. The number of fused-ring (bicyclic) bond motifs is 2. The highest BCUT2D eigenvalue weighted by Crippen LogP contribution is 2.25. The molecular formula is C20H19FN6O. The molecular weight excluding hydrogens is 359 g/mol. The number of nitrogens with one attached hydrogen (secondary N) is 1. The molecule has 3 aromatic heterocycles. The lowest BCUT2D eigenvalue weighted by atomic mass is 10.2. The number of benzene rings is 1. The second kappa shape index (κ2) is 6.81. The summed E-state index contributed by atoms with van der Waals surface area (Å²) < 4.78 is 16.0. The minimum atomic E-state index is -0.477. The average molecular weight is 378 g/mol. The highest BCUT2D eigenvalue weighted by molar-refractivity contribution is 5.83. The molecule has 0 saturated carbocycles. The molecule has 142 valence electrons. The molecule has 0 unspecified atom stereocenters. The van der Waals surface area contributed by atoms with Crippen LogP contribution in [-0.4, -0.2) is 50.6 Å². The summed E-state index contributed by atoms with van der Waals surface area (Å²) >= 11 is 0. The third-order valence-corrected chi connectivity index (χ3v) is 5.02. The molecule has 7 nitrogen and oxygen atoms in total. The second-order valence-electron chi connectivity index (χ2n) is 6.87. The Bertz CT molecular complexity index is 1170. The molecule has 0 radical (unpaired) electrons. The summed E-state index contributed by atoms with van der Waals surface area (Å²) in [5, 5.41) is 13.5. The van der Waals surface area contributed by atoms with Crippen LogP contribution in [0.2, 0.25) is 0 Å². The van der Waals surface area contributed by atoms with Crippen LogP contribution < -0.4 is 10.2 Å². The topological polar surface area (TPSA) is 78.6 Å². The van der Waals surface area contributed by atoms with E-state index in [0.29, 0.717) is 17.1 Å². The fraction of sp³-hybridized carbons (Fsp3) is 0.250. The first kappa shape index (κ1) is 17.0. The Morgan fingerprint density at radius 2 is 1.96 bits per heavy atom. The van der Waals surface area contributed by atoms with Crippen LogP contribution in [0.25, 0.3) is 27.9 Å². The number of pyridine rings is 1. The first-order valence-corrected chi connectivity index (χ1v) is 9.22. The molecule has 8 heteroatoms. The van der Waals surface area contributed by atoms with Crippen LogP contribution in [0.5, 0.6) is 0 Å². The van der Waals surface area contributed by atoms with Crippen LogP contribution in [0.15, 0.2) is 42.9 Å². The normalized spacial score (nSPS) is 14.9. The van der Waals surface area contributed by atoms with Crippen LogP contribution in [0.1, 0.15) is 5.69 Å². The molecule has 2 N–H and O–H groups in total. The predicted molar refractivity (Wildman–Crippen MR) is 105 cm³/mol. The summed E-state index contributed by atoms with van der Waals surface area (Å²) in [5.41, 5.74) is 3.11. The summed E-state index contributed by atoms with van der Waals surface area (Å²) in [6, 6.07) is 7.52. The third-order valence-electron chi connectivity index (χ3n) is 5.02. The van der Waals surface area contributed by atoms with E-state index in [1.54, 1.807) is 23.0 Å². The molecule has 0 atom stereocenters. The van der Waals surface area contributed by atoms with Gasteiger partial charge in [0.1, 0.15) is 0 Å². The van der Waals surface area contributed by atoms with Crippen molar-refractivity contribution < 1.29 is 9.50 Å². The lowest BCUT2D eigenvalue weighted by Gasteiger charge is -2.29. The number of nitrogens with zero attached hydrogens (tertiary/aromatic N) is 5. The number of anilines is 1. The monoisotopic (exact) mass is 378 g/mol. The zero-order chi connectivity index (χ0) is 19.1. The van der Waals surface area contributed by atoms with Crippen LogP contribution in [-0.2, 0) is 6.61 Å². The van der Waals surface area contributed by atoms with Gasteiger partial charge in [-0.3, -0.25) is 0 Å². The van der Waals surface area contributed by atoms with Gasteiger partial charge in [-0.1, -0.05) is 0 Å². The minimum Gasteiger partial charge on any atom is -0.390 e. The molecule has 1 fully saturated rings. The average Bonchev–Trinajstić information content (AvgIpc) is 3.18.